The summed E-state index contributed by atoms with van der Waals surface area (Å²) in [7, 11) is 2.99. The lowest BCUT2D eigenvalue weighted by atomic mass is 9.90. The van der Waals surface area contributed by atoms with Gasteiger partial charge in [-0.15, -0.1) is 0 Å². The summed E-state index contributed by atoms with van der Waals surface area (Å²) in [6, 6.07) is 15.2. The van der Waals surface area contributed by atoms with Crippen molar-refractivity contribution in [3.8, 4) is 0 Å². The van der Waals surface area contributed by atoms with Crippen molar-refractivity contribution in [2.75, 3.05) is 27.3 Å². The Kier molecular flexibility index (Phi) is 15.9. The van der Waals surface area contributed by atoms with E-state index in [-0.39, 0.29) is 31.8 Å². The van der Waals surface area contributed by atoms with Crippen LogP contribution in [0.2, 0.25) is 0 Å². The first kappa shape index (κ1) is 40.6. The van der Waals surface area contributed by atoms with Crippen molar-refractivity contribution < 1.29 is 42.5 Å². The summed E-state index contributed by atoms with van der Waals surface area (Å²) in [4.78, 5) is 54.8. The Balaban J connectivity index is 1.76. The number of ether oxygens (including phenoxy) is 4. The molecule has 0 spiro atoms. The fraction of sp³-hybridized carbons (Fsp3) is 0.590. The molecule has 1 aliphatic heterocycles. The smallest absolute Gasteiger partial charge is 0.347 e. The molecule has 276 valence electrons. The highest BCUT2D eigenvalue weighted by Crippen LogP contribution is 2.27. The zero-order valence-corrected chi connectivity index (χ0v) is 30.6. The van der Waals surface area contributed by atoms with E-state index in [0.717, 1.165) is 37.2 Å². The summed E-state index contributed by atoms with van der Waals surface area (Å²) in [5, 5.41) is 2.80. The molecule has 50 heavy (non-hydrogen) atoms. The van der Waals surface area contributed by atoms with Crippen molar-refractivity contribution in [3.63, 3.8) is 0 Å². The monoisotopic (exact) mass is 698 g/mol. The van der Waals surface area contributed by atoms with Crippen LogP contribution in [0.3, 0.4) is 0 Å². The third kappa shape index (κ3) is 13.1. The second kappa shape index (κ2) is 19.5. The maximum atomic E-state index is 14.5. The van der Waals surface area contributed by atoms with Crippen LogP contribution in [0.15, 0.2) is 54.6 Å². The van der Waals surface area contributed by atoms with Gasteiger partial charge in [-0.2, -0.15) is 0 Å². The van der Waals surface area contributed by atoms with Gasteiger partial charge in [0, 0.05) is 26.7 Å². The van der Waals surface area contributed by atoms with Crippen LogP contribution >= 0.6 is 0 Å². The molecule has 0 saturated carbocycles. The second-order valence-electron chi connectivity index (χ2n) is 14.1. The number of hydrogen-bond acceptors (Lipinski definition) is 9. The van der Waals surface area contributed by atoms with Gasteiger partial charge in [0.1, 0.15) is 24.4 Å². The van der Waals surface area contributed by atoms with Crippen LogP contribution in [-0.2, 0) is 51.2 Å². The first-order valence-electron chi connectivity index (χ1n) is 17.6. The van der Waals surface area contributed by atoms with Crippen molar-refractivity contribution in [3.05, 3.63) is 71.3 Å². The van der Waals surface area contributed by atoms with E-state index < -0.39 is 53.8 Å². The van der Waals surface area contributed by atoms with Gasteiger partial charge in [-0.1, -0.05) is 68.4 Å². The first-order valence-corrected chi connectivity index (χ1v) is 17.6. The summed E-state index contributed by atoms with van der Waals surface area (Å²) < 4.78 is 36.7. The van der Waals surface area contributed by atoms with Crippen LogP contribution in [0, 0.1) is 5.92 Å². The molecule has 1 aliphatic rings. The van der Waals surface area contributed by atoms with Crippen molar-refractivity contribution in [1.29, 1.82) is 0 Å². The molecule has 0 radical (unpaired) electrons. The van der Waals surface area contributed by atoms with Gasteiger partial charge in [0.2, 0.25) is 0 Å². The quantitative estimate of drug-likeness (QED) is 0.155. The molecule has 11 heteroatoms. The molecule has 10 nitrogen and oxygen atoms in total. The zero-order valence-electron chi connectivity index (χ0n) is 30.6. The van der Waals surface area contributed by atoms with E-state index in [1.54, 1.807) is 0 Å². The highest BCUT2D eigenvalue weighted by Gasteiger charge is 2.37. The van der Waals surface area contributed by atoms with Gasteiger partial charge in [-0.05, 0) is 88.4 Å². The molecule has 1 saturated heterocycles. The van der Waals surface area contributed by atoms with Gasteiger partial charge in [-0.25, -0.2) is 14.0 Å². The lowest BCUT2D eigenvalue weighted by Gasteiger charge is -2.32. The van der Waals surface area contributed by atoms with Gasteiger partial charge < -0.3 is 29.2 Å². The van der Waals surface area contributed by atoms with Crippen LogP contribution < -0.4 is 5.32 Å². The van der Waals surface area contributed by atoms with E-state index in [1.165, 1.54) is 45.3 Å². The molecule has 0 unspecified atom stereocenters. The Morgan fingerprint density at radius 2 is 1.56 bits per heavy atom. The normalized spacial score (nSPS) is 16.2. The van der Waals surface area contributed by atoms with E-state index in [0.29, 0.717) is 12.3 Å². The number of alkyl halides is 1. The minimum atomic E-state index is -1.67. The number of esters is 3. The Bertz CT molecular complexity index is 1370. The summed E-state index contributed by atoms with van der Waals surface area (Å²) >= 11 is 0. The minimum Gasteiger partial charge on any atom is -0.458 e. The molecule has 1 N–H and O–H groups in total. The van der Waals surface area contributed by atoms with Crippen LogP contribution in [0.5, 0.6) is 0 Å². The Morgan fingerprint density at radius 3 is 2.14 bits per heavy atom. The summed E-state index contributed by atoms with van der Waals surface area (Å²) in [5.74, 6) is -2.46. The third-order valence-electron chi connectivity index (χ3n) is 8.85. The van der Waals surface area contributed by atoms with Crippen LogP contribution in [0.25, 0.3) is 0 Å². The fourth-order valence-electron chi connectivity index (χ4n) is 5.92. The van der Waals surface area contributed by atoms with Crippen LogP contribution in [-0.4, -0.2) is 86.0 Å². The van der Waals surface area contributed by atoms with Gasteiger partial charge in [0.25, 0.3) is 5.91 Å². The topological polar surface area (TPSA) is 120 Å². The van der Waals surface area contributed by atoms with E-state index in [9.17, 15) is 23.6 Å². The number of amides is 1. The van der Waals surface area contributed by atoms with Crippen molar-refractivity contribution in [2.45, 2.75) is 116 Å². The van der Waals surface area contributed by atoms with E-state index in [2.05, 4.69) is 17.4 Å². The Morgan fingerprint density at radius 1 is 0.920 bits per heavy atom. The van der Waals surface area contributed by atoms with Crippen molar-refractivity contribution in [1.82, 2.24) is 10.2 Å². The maximum Gasteiger partial charge on any atom is 0.347 e. The lowest BCUT2D eigenvalue weighted by molar-refractivity contribution is -0.174. The molecule has 1 amide bonds. The maximum absolute atomic E-state index is 14.5. The molecule has 0 aliphatic carbocycles. The van der Waals surface area contributed by atoms with Gasteiger partial charge >= 0.3 is 17.9 Å². The van der Waals surface area contributed by atoms with Gasteiger partial charge in [0.15, 0.2) is 12.2 Å². The van der Waals surface area contributed by atoms with E-state index in [4.69, 9.17) is 18.9 Å². The van der Waals surface area contributed by atoms with E-state index >= 15 is 0 Å². The molecule has 0 aromatic heterocycles. The van der Waals surface area contributed by atoms with Crippen molar-refractivity contribution in [2.24, 2.45) is 5.92 Å². The summed E-state index contributed by atoms with van der Waals surface area (Å²) in [6.07, 6.45) is 0.0617. The number of benzene rings is 2. The van der Waals surface area contributed by atoms with Crippen LogP contribution in [0.1, 0.15) is 89.3 Å². The van der Waals surface area contributed by atoms with Crippen LogP contribution in [0.4, 0.5) is 4.39 Å². The standard InChI is InChI=1S/C39H55FN2O8/c1-26(2)23-33(38(46)49-27(3)36(44)48-25-29-11-9-8-10-12-29)42(7)35(43)34(50-37(45)32(41-6)24-39(4,5)40)18-15-28-13-16-30(17-14-28)31-19-21-47-22-20-31/h8-14,16-17,26-27,31-34,41H,15,18-25H2,1-7H3/t27-,32+,33+,34-/m1/s1. The van der Waals surface area contributed by atoms with Crippen molar-refractivity contribution >= 4 is 23.8 Å². The number of nitrogens with one attached hydrogen (secondary N) is 1. The molecule has 0 bridgehead atoms. The number of aryl methyl sites for hydroxylation is 1. The highest BCUT2D eigenvalue weighted by atomic mass is 19.1. The SMILES string of the molecule is CN[C@@H](CC(C)(C)F)C(=O)O[C@H](CCc1ccc(C2CCOCC2)cc1)C(=O)N(C)[C@@H](CC(C)C)C(=O)O[C@H](C)C(=O)OCc1ccccc1. The molecule has 1 heterocycles. The molecule has 4 atom stereocenters. The fourth-order valence-corrected chi connectivity index (χ4v) is 5.92. The zero-order chi connectivity index (χ0) is 36.8. The van der Waals surface area contributed by atoms with Gasteiger partial charge in [-0.3, -0.25) is 9.59 Å². The Labute approximate surface area is 296 Å². The average molecular weight is 699 g/mol. The number of halogens is 1. The molecule has 2 aromatic carbocycles. The molecule has 1 fully saturated rings. The van der Waals surface area contributed by atoms with Gasteiger partial charge in [0.05, 0.1) is 0 Å². The second-order valence-corrected chi connectivity index (χ2v) is 14.1. The molecule has 3 rings (SSSR count). The first-order chi connectivity index (χ1) is 23.7. The number of likely N-dealkylation sites (N-methyl/N-ethyl adjacent to an activating group) is 2. The average Bonchev–Trinajstić information content (AvgIpc) is 3.10. The highest BCUT2D eigenvalue weighted by molar-refractivity contribution is 5.89. The number of rotatable bonds is 18. The molecular weight excluding hydrogens is 643 g/mol. The largest absolute Gasteiger partial charge is 0.458 e. The predicted octanol–water partition coefficient (Wildman–Crippen LogP) is 5.70. The summed E-state index contributed by atoms with van der Waals surface area (Å²) in [5.41, 5.74) is 1.30. The number of nitrogens with zero attached hydrogens (tertiary/aromatic N) is 1. The molecule has 2 aromatic rings. The van der Waals surface area contributed by atoms with E-state index in [1.807, 2.05) is 56.3 Å². The number of carbonyl (C=O) groups is 4. The minimum absolute atomic E-state index is 0.0217. The number of hydrogen-bond donors (Lipinski definition) is 1. The predicted molar refractivity (Wildman–Crippen MR) is 188 cm³/mol. The Hall–Kier alpha value is -3.83. The molecular formula is C39H55FN2O8. The number of carbonyl (C=O) groups excluding carboxylic acids is 4. The summed E-state index contributed by atoms with van der Waals surface area (Å²) in [6.45, 7) is 9.45. The lowest BCUT2D eigenvalue weighted by Crippen LogP contribution is -2.51. The third-order valence-corrected chi connectivity index (χ3v) is 8.85.